The number of anilines is 1. The van der Waals surface area contributed by atoms with Gasteiger partial charge in [0.1, 0.15) is 0 Å². The number of nitrogen functional groups attached to an aromatic ring is 1. The minimum Gasteiger partial charge on any atom is -0.398 e. The van der Waals surface area contributed by atoms with E-state index in [4.69, 9.17) is 22.1 Å². The largest absolute Gasteiger partial charge is 0.398 e. The fourth-order valence-electron chi connectivity index (χ4n) is 2.27. The zero-order valence-electron chi connectivity index (χ0n) is 10.3. The van der Waals surface area contributed by atoms with Crippen LogP contribution in [-0.2, 0) is 4.74 Å². The van der Waals surface area contributed by atoms with Crippen molar-refractivity contribution in [1.82, 2.24) is 20.2 Å². The maximum atomic E-state index is 6.02. The number of benzene rings is 1. The zero-order valence-corrected chi connectivity index (χ0v) is 11.0. The third-order valence-electron chi connectivity index (χ3n) is 3.29. The molecule has 0 spiro atoms. The van der Waals surface area contributed by atoms with E-state index >= 15 is 0 Å². The van der Waals surface area contributed by atoms with Crippen molar-refractivity contribution in [1.29, 1.82) is 0 Å². The lowest BCUT2D eigenvalue weighted by Crippen LogP contribution is -2.21. The predicted molar refractivity (Wildman–Crippen MR) is 71.8 cm³/mol. The van der Waals surface area contributed by atoms with E-state index < -0.39 is 0 Å². The molecule has 0 amide bonds. The Labute approximate surface area is 115 Å². The number of tetrazole rings is 1. The molecule has 19 heavy (non-hydrogen) atoms. The lowest BCUT2D eigenvalue weighted by atomic mass is 10.1. The number of hydrogen-bond donors (Lipinski definition) is 1. The predicted octanol–water partition coefficient (Wildman–Crippen LogP) is 1.93. The molecule has 7 heteroatoms. The lowest BCUT2D eigenvalue weighted by Gasteiger charge is -2.22. The second-order valence-electron chi connectivity index (χ2n) is 4.52. The monoisotopic (exact) mass is 279 g/mol. The van der Waals surface area contributed by atoms with Gasteiger partial charge in [0.2, 0.25) is 0 Å². The summed E-state index contributed by atoms with van der Waals surface area (Å²) in [6.45, 7) is 1.46. The molecule has 100 valence electrons. The van der Waals surface area contributed by atoms with Crippen molar-refractivity contribution < 1.29 is 4.74 Å². The van der Waals surface area contributed by atoms with Gasteiger partial charge in [0.15, 0.2) is 5.82 Å². The number of hydrogen-bond acceptors (Lipinski definition) is 5. The van der Waals surface area contributed by atoms with Crippen LogP contribution in [0, 0.1) is 0 Å². The molecule has 0 aliphatic carbocycles. The molecule has 0 radical (unpaired) electrons. The molecule has 0 atom stereocenters. The summed E-state index contributed by atoms with van der Waals surface area (Å²) < 4.78 is 7.18. The highest BCUT2D eigenvalue weighted by Crippen LogP contribution is 2.30. The lowest BCUT2D eigenvalue weighted by molar-refractivity contribution is 0.0662. The van der Waals surface area contributed by atoms with Gasteiger partial charge in [0.05, 0.1) is 6.04 Å². The standard InChI is InChI=1S/C12H14ClN5O/c13-8-1-2-11(14)10(7-8)12-15-16-17-18(12)9-3-5-19-6-4-9/h1-2,7,9H,3-6,14H2. The molecule has 0 bridgehead atoms. The van der Waals surface area contributed by atoms with Crippen LogP contribution in [0.5, 0.6) is 0 Å². The summed E-state index contributed by atoms with van der Waals surface area (Å²) in [7, 11) is 0. The molecule has 1 aromatic heterocycles. The summed E-state index contributed by atoms with van der Waals surface area (Å²) in [5.74, 6) is 0.659. The van der Waals surface area contributed by atoms with E-state index in [9.17, 15) is 0 Å². The van der Waals surface area contributed by atoms with Crippen molar-refractivity contribution in [2.45, 2.75) is 18.9 Å². The Balaban J connectivity index is 2.01. The molecule has 1 aliphatic heterocycles. The van der Waals surface area contributed by atoms with Crippen LogP contribution in [0.2, 0.25) is 5.02 Å². The molecule has 2 aromatic rings. The van der Waals surface area contributed by atoms with E-state index in [2.05, 4.69) is 15.5 Å². The average molecular weight is 280 g/mol. The van der Waals surface area contributed by atoms with Gasteiger partial charge in [-0.3, -0.25) is 0 Å². The molecule has 0 unspecified atom stereocenters. The van der Waals surface area contributed by atoms with Crippen LogP contribution in [0.25, 0.3) is 11.4 Å². The zero-order chi connectivity index (χ0) is 13.2. The number of halogens is 1. The quantitative estimate of drug-likeness (QED) is 0.850. The first kappa shape index (κ1) is 12.4. The van der Waals surface area contributed by atoms with Crippen molar-refractivity contribution in [3.05, 3.63) is 23.2 Å². The van der Waals surface area contributed by atoms with Gasteiger partial charge < -0.3 is 10.5 Å². The summed E-state index contributed by atoms with van der Waals surface area (Å²) >= 11 is 6.02. The van der Waals surface area contributed by atoms with E-state index in [0.717, 1.165) is 31.6 Å². The van der Waals surface area contributed by atoms with Gasteiger partial charge in [-0.05, 0) is 41.5 Å². The van der Waals surface area contributed by atoms with Crippen LogP contribution in [0.1, 0.15) is 18.9 Å². The van der Waals surface area contributed by atoms with Crippen molar-refractivity contribution in [3.63, 3.8) is 0 Å². The minimum absolute atomic E-state index is 0.247. The molecule has 1 saturated heterocycles. The Morgan fingerprint density at radius 2 is 2.11 bits per heavy atom. The molecule has 1 fully saturated rings. The van der Waals surface area contributed by atoms with E-state index in [0.29, 0.717) is 16.5 Å². The maximum Gasteiger partial charge on any atom is 0.184 e. The molecule has 2 N–H and O–H groups in total. The summed E-state index contributed by atoms with van der Waals surface area (Å²) in [5, 5.41) is 12.6. The van der Waals surface area contributed by atoms with Crippen molar-refractivity contribution in [3.8, 4) is 11.4 Å². The summed E-state index contributed by atoms with van der Waals surface area (Å²) in [6, 6.07) is 5.55. The van der Waals surface area contributed by atoms with Gasteiger partial charge >= 0.3 is 0 Å². The Morgan fingerprint density at radius 1 is 1.32 bits per heavy atom. The van der Waals surface area contributed by atoms with Gasteiger partial charge in [0, 0.05) is 29.5 Å². The van der Waals surface area contributed by atoms with Gasteiger partial charge in [-0.15, -0.1) is 5.10 Å². The van der Waals surface area contributed by atoms with E-state index in [-0.39, 0.29) is 6.04 Å². The van der Waals surface area contributed by atoms with Crippen LogP contribution in [-0.4, -0.2) is 33.4 Å². The fraction of sp³-hybridized carbons (Fsp3) is 0.417. The number of ether oxygens (including phenoxy) is 1. The highest BCUT2D eigenvalue weighted by molar-refractivity contribution is 6.31. The van der Waals surface area contributed by atoms with Crippen molar-refractivity contribution >= 4 is 17.3 Å². The van der Waals surface area contributed by atoms with Crippen LogP contribution in [0.15, 0.2) is 18.2 Å². The van der Waals surface area contributed by atoms with E-state index in [1.165, 1.54) is 0 Å². The summed E-state index contributed by atoms with van der Waals surface area (Å²) in [4.78, 5) is 0. The van der Waals surface area contributed by atoms with Crippen LogP contribution < -0.4 is 5.73 Å². The van der Waals surface area contributed by atoms with Gasteiger partial charge in [-0.2, -0.15) is 0 Å². The Bertz CT molecular complexity index is 579. The normalized spacial score (nSPS) is 16.7. The van der Waals surface area contributed by atoms with Crippen LogP contribution in [0.4, 0.5) is 5.69 Å². The molecule has 0 saturated carbocycles. The van der Waals surface area contributed by atoms with E-state index in [1.807, 2.05) is 4.68 Å². The molecular weight excluding hydrogens is 266 g/mol. The second kappa shape index (κ2) is 5.14. The van der Waals surface area contributed by atoms with Crippen LogP contribution in [0.3, 0.4) is 0 Å². The first-order chi connectivity index (χ1) is 9.25. The van der Waals surface area contributed by atoms with E-state index in [1.54, 1.807) is 18.2 Å². The second-order valence-corrected chi connectivity index (χ2v) is 4.96. The van der Waals surface area contributed by atoms with Gasteiger partial charge in [-0.1, -0.05) is 11.6 Å². The first-order valence-corrected chi connectivity index (χ1v) is 6.54. The smallest absolute Gasteiger partial charge is 0.184 e. The Hall–Kier alpha value is -1.66. The first-order valence-electron chi connectivity index (χ1n) is 6.16. The topological polar surface area (TPSA) is 78.9 Å². The Morgan fingerprint density at radius 3 is 2.89 bits per heavy atom. The Kier molecular flexibility index (Phi) is 3.35. The molecule has 1 aromatic carbocycles. The van der Waals surface area contributed by atoms with Crippen molar-refractivity contribution in [2.75, 3.05) is 18.9 Å². The molecule has 6 nitrogen and oxygen atoms in total. The van der Waals surface area contributed by atoms with Gasteiger partial charge in [0.25, 0.3) is 0 Å². The highest BCUT2D eigenvalue weighted by atomic mass is 35.5. The fourth-order valence-corrected chi connectivity index (χ4v) is 2.44. The minimum atomic E-state index is 0.247. The molecular formula is C12H14ClN5O. The average Bonchev–Trinajstić information content (AvgIpc) is 2.91. The van der Waals surface area contributed by atoms with Crippen molar-refractivity contribution in [2.24, 2.45) is 0 Å². The number of nitrogens with zero attached hydrogens (tertiary/aromatic N) is 4. The van der Waals surface area contributed by atoms with Gasteiger partial charge in [-0.25, -0.2) is 4.68 Å². The number of rotatable bonds is 2. The number of nitrogens with two attached hydrogens (primary N) is 1. The third kappa shape index (κ3) is 2.41. The highest BCUT2D eigenvalue weighted by Gasteiger charge is 2.22. The molecule has 2 heterocycles. The maximum absolute atomic E-state index is 6.02. The third-order valence-corrected chi connectivity index (χ3v) is 3.52. The SMILES string of the molecule is Nc1ccc(Cl)cc1-c1nnnn1C1CCOCC1. The number of aromatic nitrogens is 4. The summed E-state index contributed by atoms with van der Waals surface area (Å²) in [6.07, 6.45) is 1.80. The van der Waals surface area contributed by atoms with Crippen LogP contribution >= 0.6 is 11.6 Å². The summed E-state index contributed by atoms with van der Waals surface area (Å²) in [5.41, 5.74) is 7.37. The molecule has 1 aliphatic rings. The molecule has 3 rings (SSSR count).